The van der Waals surface area contributed by atoms with Gasteiger partial charge in [0.2, 0.25) is 0 Å². The Labute approximate surface area is 159 Å². The highest BCUT2D eigenvalue weighted by molar-refractivity contribution is 7.85. The van der Waals surface area contributed by atoms with Crippen LogP contribution >= 0.6 is 0 Å². The number of carbonyl (C=O) groups is 1. The lowest BCUT2D eigenvalue weighted by molar-refractivity contribution is -0.385. The van der Waals surface area contributed by atoms with E-state index < -0.39 is 20.9 Å². The predicted molar refractivity (Wildman–Crippen MR) is 101 cm³/mol. The van der Waals surface area contributed by atoms with Gasteiger partial charge in [0.05, 0.1) is 15.5 Å². The highest BCUT2D eigenvalue weighted by Gasteiger charge is 2.16. The van der Waals surface area contributed by atoms with Crippen LogP contribution in [-0.4, -0.2) is 28.9 Å². The number of carbonyl (C=O) groups excluding carboxylic acids is 1. The van der Waals surface area contributed by atoms with E-state index in [0.29, 0.717) is 16.3 Å². The Morgan fingerprint density at radius 2 is 1.79 bits per heavy atom. The summed E-state index contributed by atoms with van der Waals surface area (Å²) in [6, 6.07) is 10.4. The molecule has 3 rings (SSSR count). The summed E-state index contributed by atoms with van der Waals surface area (Å²) in [5.74, 6) is -0.894. The van der Waals surface area contributed by atoms with Crippen LogP contribution in [0.1, 0.15) is 15.9 Å². The van der Waals surface area contributed by atoms with Gasteiger partial charge < -0.3 is 10.4 Å². The van der Waals surface area contributed by atoms with Crippen molar-refractivity contribution in [1.82, 2.24) is 0 Å². The largest absolute Gasteiger partial charge is 0.506 e. The lowest BCUT2D eigenvalue weighted by Crippen LogP contribution is -2.12. The first-order valence-electron chi connectivity index (χ1n) is 7.87. The van der Waals surface area contributed by atoms with Gasteiger partial charge in [-0.05, 0) is 54.1 Å². The zero-order valence-electron chi connectivity index (χ0n) is 14.4. The van der Waals surface area contributed by atoms with Crippen molar-refractivity contribution in [3.63, 3.8) is 0 Å². The minimum absolute atomic E-state index is 0.0770. The van der Waals surface area contributed by atoms with E-state index in [9.17, 15) is 28.4 Å². The molecule has 3 aromatic carbocycles. The quantitative estimate of drug-likeness (QED) is 0.263. The topological polar surface area (TPSA) is 147 Å². The van der Waals surface area contributed by atoms with Gasteiger partial charge in [0.15, 0.2) is 0 Å². The second-order valence-corrected chi connectivity index (χ2v) is 7.49. The number of benzene rings is 3. The first-order valence-corrected chi connectivity index (χ1v) is 9.31. The van der Waals surface area contributed by atoms with Crippen molar-refractivity contribution in [3.05, 3.63) is 69.8 Å². The molecular weight excluding hydrogens is 388 g/mol. The van der Waals surface area contributed by atoms with Crippen LogP contribution in [0.4, 0.5) is 11.4 Å². The SMILES string of the molecule is Cc1cc(C(=O)Nc2cc3ccc(S(=O)(=O)O)cc3cc2O)ccc1[N+](=O)[O-]. The molecule has 144 valence electrons. The molecule has 0 aromatic heterocycles. The van der Waals surface area contributed by atoms with E-state index in [1.54, 1.807) is 0 Å². The number of aryl methyl sites for hydroxylation is 1. The van der Waals surface area contributed by atoms with E-state index in [0.717, 1.165) is 0 Å². The van der Waals surface area contributed by atoms with E-state index in [4.69, 9.17) is 4.55 Å². The second-order valence-electron chi connectivity index (χ2n) is 6.07. The minimum atomic E-state index is -4.39. The number of phenolic OH excluding ortho intramolecular Hbond substituents is 1. The standard InChI is InChI=1S/C18H14N2O7S/c1-10-6-12(3-5-16(10)20(23)24)18(22)19-15-8-11-2-4-14(28(25,26)27)7-13(11)9-17(15)21/h2-9,21H,1H3,(H,19,22)(H,25,26,27). The Kier molecular flexibility index (Phi) is 4.75. The zero-order valence-corrected chi connectivity index (χ0v) is 15.2. The van der Waals surface area contributed by atoms with Crippen molar-refractivity contribution in [2.45, 2.75) is 11.8 Å². The van der Waals surface area contributed by atoms with Gasteiger partial charge in [-0.3, -0.25) is 19.5 Å². The molecule has 0 atom stereocenters. The lowest BCUT2D eigenvalue weighted by atomic mass is 10.1. The van der Waals surface area contributed by atoms with Crippen LogP contribution in [-0.2, 0) is 10.1 Å². The molecule has 28 heavy (non-hydrogen) atoms. The summed E-state index contributed by atoms with van der Waals surface area (Å²) in [7, 11) is -4.39. The molecule has 0 radical (unpaired) electrons. The van der Waals surface area contributed by atoms with Gasteiger partial charge in [-0.1, -0.05) is 6.07 Å². The lowest BCUT2D eigenvalue weighted by Gasteiger charge is -2.10. The van der Waals surface area contributed by atoms with Crippen LogP contribution in [0.25, 0.3) is 10.8 Å². The molecule has 0 saturated heterocycles. The molecule has 1 amide bonds. The van der Waals surface area contributed by atoms with Crippen molar-refractivity contribution in [1.29, 1.82) is 0 Å². The summed E-state index contributed by atoms with van der Waals surface area (Å²) in [5, 5.41) is 24.4. The van der Waals surface area contributed by atoms with E-state index in [-0.39, 0.29) is 27.6 Å². The van der Waals surface area contributed by atoms with Gasteiger partial charge in [-0.25, -0.2) is 0 Å². The normalized spacial score (nSPS) is 11.4. The Balaban J connectivity index is 1.93. The van der Waals surface area contributed by atoms with Crippen molar-refractivity contribution < 1.29 is 27.8 Å². The third kappa shape index (κ3) is 3.77. The average molecular weight is 402 g/mol. The van der Waals surface area contributed by atoms with Gasteiger partial charge >= 0.3 is 0 Å². The fourth-order valence-electron chi connectivity index (χ4n) is 2.72. The smallest absolute Gasteiger partial charge is 0.294 e. The number of nitrogens with zero attached hydrogens (tertiary/aromatic N) is 1. The highest BCUT2D eigenvalue weighted by atomic mass is 32.2. The first-order chi connectivity index (χ1) is 13.1. The summed E-state index contributed by atoms with van der Waals surface area (Å²) in [6.45, 7) is 1.51. The third-order valence-electron chi connectivity index (χ3n) is 4.13. The molecule has 10 heteroatoms. The van der Waals surface area contributed by atoms with Crippen molar-refractivity contribution in [2.75, 3.05) is 5.32 Å². The van der Waals surface area contributed by atoms with Crippen LogP contribution < -0.4 is 5.32 Å². The number of amides is 1. The molecule has 0 aliphatic carbocycles. The van der Waals surface area contributed by atoms with E-state index in [1.807, 2.05) is 0 Å². The van der Waals surface area contributed by atoms with Crippen LogP contribution in [0.15, 0.2) is 53.4 Å². The number of phenols is 1. The molecule has 0 unspecified atom stereocenters. The van der Waals surface area contributed by atoms with E-state index in [2.05, 4.69) is 5.32 Å². The number of rotatable bonds is 4. The Morgan fingerprint density at radius 1 is 1.07 bits per heavy atom. The van der Waals surface area contributed by atoms with E-state index in [1.165, 1.54) is 55.5 Å². The number of hydrogen-bond acceptors (Lipinski definition) is 6. The van der Waals surface area contributed by atoms with Crippen molar-refractivity contribution in [3.8, 4) is 5.75 Å². The molecule has 3 aromatic rings. The maximum atomic E-state index is 12.4. The van der Waals surface area contributed by atoms with Gasteiger partial charge in [-0.2, -0.15) is 8.42 Å². The molecule has 3 N–H and O–H groups in total. The number of nitro groups is 1. The Bertz CT molecular complexity index is 1240. The van der Waals surface area contributed by atoms with Crippen LogP contribution in [0.3, 0.4) is 0 Å². The van der Waals surface area contributed by atoms with Crippen LogP contribution in [0, 0.1) is 17.0 Å². The van der Waals surface area contributed by atoms with Crippen LogP contribution in [0.2, 0.25) is 0 Å². The zero-order chi connectivity index (χ0) is 20.6. The van der Waals surface area contributed by atoms with E-state index >= 15 is 0 Å². The van der Waals surface area contributed by atoms with Gasteiger partial charge in [-0.15, -0.1) is 0 Å². The summed E-state index contributed by atoms with van der Waals surface area (Å²) < 4.78 is 31.5. The summed E-state index contributed by atoms with van der Waals surface area (Å²) in [4.78, 5) is 22.4. The molecule has 0 fully saturated rings. The second kappa shape index (κ2) is 6.91. The maximum Gasteiger partial charge on any atom is 0.294 e. The maximum absolute atomic E-state index is 12.4. The van der Waals surface area contributed by atoms with Crippen molar-refractivity contribution >= 4 is 38.2 Å². The fourth-order valence-corrected chi connectivity index (χ4v) is 3.24. The molecule has 9 nitrogen and oxygen atoms in total. The number of aromatic hydroxyl groups is 1. The van der Waals surface area contributed by atoms with Crippen LogP contribution in [0.5, 0.6) is 5.75 Å². The molecular formula is C18H14N2O7S. The van der Waals surface area contributed by atoms with Gasteiger partial charge in [0.1, 0.15) is 5.75 Å². The Morgan fingerprint density at radius 3 is 2.39 bits per heavy atom. The monoisotopic (exact) mass is 402 g/mol. The number of anilines is 1. The summed E-state index contributed by atoms with van der Waals surface area (Å²) in [6.07, 6.45) is 0. The molecule has 0 bridgehead atoms. The average Bonchev–Trinajstić information content (AvgIpc) is 2.60. The first kappa shape index (κ1) is 19.3. The summed E-state index contributed by atoms with van der Waals surface area (Å²) >= 11 is 0. The molecule has 0 saturated carbocycles. The highest BCUT2D eigenvalue weighted by Crippen LogP contribution is 2.31. The predicted octanol–water partition coefficient (Wildman–Crippen LogP) is 3.26. The van der Waals surface area contributed by atoms with Gasteiger partial charge in [0.25, 0.3) is 21.7 Å². The molecule has 0 aliphatic rings. The number of nitro benzene ring substituents is 1. The third-order valence-corrected chi connectivity index (χ3v) is 4.98. The number of hydrogen-bond donors (Lipinski definition) is 3. The molecule has 0 spiro atoms. The number of fused-ring (bicyclic) bond motifs is 1. The molecule has 0 heterocycles. The minimum Gasteiger partial charge on any atom is -0.506 e. The molecule has 0 aliphatic heterocycles. The summed E-state index contributed by atoms with van der Waals surface area (Å²) in [5.41, 5.74) is 0.454. The van der Waals surface area contributed by atoms with Gasteiger partial charge in [0, 0.05) is 17.2 Å². The number of nitrogens with one attached hydrogen (secondary N) is 1. The Hall–Kier alpha value is -3.50. The van der Waals surface area contributed by atoms with Crippen molar-refractivity contribution in [2.24, 2.45) is 0 Å². The fraction of sp³-hybridized carbons (Fsp3) is 0.0556.